The van der Waals surface area contributed by atoms with Gasteiger partial charge in [-0.25, -0.2) is 0 Å². The lowest BCUT2D eigenvalue weighted by Crippen LogP contribution is -2.52. The Kier molecular flexibility index (Phi) is 6.51. The summed E-state index contributed by atoms with van der Waals surface area (Å²) >= 11 is 0. The first-order valence-corrected chi connectivity index (χ1v) is 9.03. The molecule has 2 fully saturated rings. The summed E-state index contributed by atoms with van der Waals surface area (Å²) < 4.78 is 5.64. The highest BCUT2D eigenvalue weighted by molar-refractivity contribution is 4.90. The van der Waals surface area contributed by atoms with Crippen LogP contribution in [0, 0.1) is 17.3 Å². The van der Waals surface area contributed by atoms with Gasteiger partial charge in [-0.15, -0.1) is 0 Å². The zero-order valence-corrected chi connectivity index (χ0v) is 14.7. The van der Waals surface area contributed by atoms with Crippen LogP contribution in [0.4, 0.5) is 0 Å². The average Bonchev–Trinajstić information content (AvgIpc) is 2.43. The number of likely N-dealkylation sites (tertiary alicyclic amines) is 1. The van der Waals surface area contributed by atoms with Crippen molar-refractivity contribution in [3.63, 3.8) is 0 Å². The maximum Gasteiger partial charge on any atom is 0.0472 e. The third-order valence-electron chi connectivity index (χ3n) is 5.39. The van der Waals surface area contributed by atoms with E-state index in [0.29, 0.717) is 5.41 Å². The largest absolute Gasteiger partial charge is 0.381 e. The maximum absolute atomic E-state index is 5.64. The summed E-state index contributed by atoms with van der Waals surface area (Å²) in [7, 11) is 0. The highest BCUT2D eigenvalue weighted by Crippen LogP contribution is 2.34. The van der Waals surface area contributed by atoms with Crippen molar-refractivity contribution in [2.24, 2.45) is 17.3 Å². The molecule has 0 bridgehead atoms. The Hall–Kier alpha value is -0.120. The normalized spacial score (nSPS) is 30.7. The molecule has 2 saturated heterocycles. The molecule has 2 aliphatic rings. The summed E-state index contributed by atoms with van der Waals surface area (Å²) in [4.78, 5) is 2.76. The highest BCUT2D eigenvalue weighted by Gasteiger charge is 2.36. The molecule has 2 aliphatic heterocycles. The lowest BCUT2D eigenvalue weighted by Gasteiger charge is -2.46. The Bertz CT molecular complexity index is 300. The summed E-state index contributed by atoms with van der Waals surface area (Å²) in [6, 6.07) is 0.756. The molecular formula is C18H36N2O. The van der Waals surface area contributed by atoms with Crippen LogP contribution in [0.25, 0.3) is 0 Å². The molecule has 0 aromatic carbocycles. The second kappa shape index (κ2) is 7.94. The van der Waals surface area contributed by atoms with E-state index in [4.69, 9.17) is 4.74 Å². The monoisotopic (exact) mass is 296 g/mol. The van der Waals surface area contributed by atoms with E-state index in [1.807, 2.05) is 0 Å². The minimum Gasteiger partial charge on any atom is -0.381 e. The number of nitrogens with one attached hydrogen (secondary N) is 1. The van der Waals surface area contributed by atoms with Gasteiger partial charge in [-0.3, -0.25) is 4.90 Å². The number of nitrogens with zero attached hydrogens (tertiary/aromatic N) is 1. The third-order valence-corrected chi connectivity index (χ3v) is 5.39. The molecule has 0 spiro atoms. The molecule has 2 heterocycles. The first-order chi connectivity index (χ1) is 10.0. The van der Waals surface area contributed by atoms with Gasteiger partial charge >= 0.3 is 0 Å². The van der Waals surface area contributed by atoms with Gasteiger partial charge in [0.15, 0.2) is 0 Å². The number of hydrogen-bond donors (Lipinski definition) is 1. The standard InChI is InChI=1S/C18H36N2O/c1-15(2)11-19-13-18(7-9-21-10-8-18)14-20-12-16(3)5-6-17(20)4/h15-17,19H,5-14H2,1-4H3. The van der Waals surface area contributed by atoms with Gasteiger partial charge in [0.2, 0.25) is 0 Å². The number of ether oxygens (including phenoxy) is 1. The van der Waals surface area contributed by atoms with E-state index in [-0.39, 0.29) is 0 Å². The van der Waals surface area contributed by atoms with Crippen LogP contribution >= 0.6 is 0 Å². The average molecular weight is 296 g/mol. The van der Waals surface area contributed by atoms with Crippen LogP contribution in [0.5, 0.6) is 0 Å². The van der Waals surface area contributed by atoms with Gasteiger partial charge in [-0.1, -0.05) is 20.8 Å². The molecule has 3 heteroatoms. The van der Waals surface area contributed by atoms with Crippen molar-refractivity contribution in [2.75, 3.05) is 39.4 Å². The van der Waals surface area contributed by atoms with E-state index < -0.39 is 0 Å². The highest BCUT2D eigenvalue weighted by atomic mass is 16.5. The number of piperidine rings is 1. The molecule has 21 heavy (non-hydrogen) atoms. The minimum absolute atomic E-state index is 0.429. The SMILES string of the molecule is CC(C)CNCC1(CN2CC(C)CCC2C)CCOCC1. The summed E-state index contributed by atoms with van der Waals surface area (Å²) in [5.74, 6) is 1.59. The fourth-order valence-electron chi connectivity index (χ4n) is 3.85. The van der Waals surface area contributed by atoms with Crippen molar-refractivity contribution in [1.29, 1.82) is 0 Å². The van der Waals surface area contributed by atoms with Crippen LogP contribution in [0.15, 0.2) is 0 Å². The van der Waals surface area contributed by atoms with Crippen molar-refractivity contribution in [1.82, 2.24) is 10.2 Å². The Morgan fingerprint density at radius 3 is 2.57 bits per heavy atom. The molecule has 2 unspecified atom stereocenters. The first-order valence-electron chi connectivity index (χ1n) is 9.03. The van der Waals surface area contributed by atoms with Crippen molar-refractivity contribution >= 4 is 0 Å². The zero-order valence-electron chi connectivity index (χ0n) is 14.7. The fourth-order valence-corrected chi connectivity index (χ4v) is 3.85. The molecule has 0 aromatic heterocycles. The predicted molar refractivity (Wildman–Crippen MR) is 89.6 cm³/mol. The number of rotatable bonds is 6. The Morgan fingerprint density at radius 1 is 1.19 bits per heavy atom. The second-order valence-electron chi connectivity index (χ2n) is 8.10. The Balaban J connectivity index is 1.94. The molecule has 0 amide bonds. The third kappa shape index (κ3) is 5.22. The van der Waals surface area contributed by atoms with E-state index in [1.165, 1.54) is 38.8 Å². The molecular weight excluding hydrogens is 260 g/mol. The molecule has 2 atom stereocenters. The topological polar surface area (TPSA) is 24.5 Å². The molecule has 2 rings (SSSR count). The molecule has 0 aliphatic carbocycles. The fraction of sp³-hybridized carbons (Fsp3) is 1.00. The van der Waals surface area contributed by atoms with Crippen LogP contribution in [0.2, 0.25) is 0 Å². The smallest absolute Gasteiger partial charge is 0.0472 e. The first kappa shape index (κ1) is 17.2. The maximum atomic E-state index is 5.64. The van der Waals surface area contributed by atoms with E-state index in [1.54, 1.807) is 0 Å². The lowest BCUT2D eigenvalue weighted by molar-refractivity contribution is -0.0204. The molecule has 0 aromatic rings. The van der Waals surface area contributed by atoms with E-state index in [2.05, 4.69) is 37.9 Å². The lowest BCUT2D eigenvalue weighted by atomic mass is 9.78. The van der Waals surface area contributed by atoms with E-state index in [0.717, 1.165) is 44.2 Å². The Morgan fingerprint density at radius 2 is 1.90 bits per heavy atom. The quantitative estimate of drug-likeness (QED) is 0.815. The van der Waals surface area contributed by atoms with Gasteiger partial charge in [-0.2, -0.15) is 0 Å². The van der Waals surface area contributed by atoms with Gasteiger partial charge in [0.05, 0.1) is 0 Å². The molecule has 0 saturated carbocycles. The van der Waals surface area contributed by atoms with Crippen LogP contribution in [0.1, 0.15) is 53.4 Å². The molecule has 1 N–H and O–H groups in total. The molecule has 3 nitrogen and oxygen atoms in total. The summed E-state index contributed by atoms with van der Waals surface area (Å²) in [5, 5.41) is 3.73. The van der Waals surface area contributed by atoms with Gasteiger partial charge in [-0.05, 0) is 56.4 Å². The van der Waals surface area contributed by atoms with E-state index >= 15 is 0 Å². The van der Waals surface area contributed by atoms with Crippen molar-refractivity contribution in [3.05, 3.63) is 0 Å². The van der Waals surface area contributed by atoms with Crippen molar-refractivity contribution in [2.45, 2.75) is 59.4 Å². The van der Waals surface area contributed by atoms with Crippen molar-refractivity contribution in [3.8, 4) is 0 Å². The predicted octanol–water partition coefficient (Wildman–Crippen LogP) is 3.15. The Labute approximate surface area is 131 Å². The zero-order chi connectivity index (χ0) is 15.3. The van der Waals surface area contributed by atoms with Gasteiger partial charge in [0, 0.05) is 38.9 Å². The summed E-state index contributed by atoms with van der Waals surface area (Å²) in [5.41, 5.74) is 0.429. The summed E-state index contributed by atoms with van der Waals surface area (Å²) in [6.07, 6.45) is 5.21. The minimum atomic E-state index is 0.429. The van der Waals surface area contributed by atoms with Crippen LogP contribution in [-0.2, 0) is 4.74 Å². The van der Waals surface area contributed by atoms with Crippen LogP contribution in [-0.4, -0.2) is 50.3 Å². The number of hydrogen-bond acceptors (Lipinski definition) is 3. The van der Waals surface area contributed by atoms with Gasteiger partial charge in [0.25, 0.3) is 0 Å². The van der Waals surface area contributed by atoms with E-state index in [9.17, 15) is 0 Å². The molecule has 124 valence electrons. The van der Waals surface area contributed by atoms with Crippen LogP contribution < -0.4 is 5.32 Å². The molecule has 0 radical (unpaired) electrons. The second-order valence-corrected chi connectivity index (χ2v) is 8.10. The van der Waals surface area contributed by atoms with Gasteiger partial charge in [0.1, 0.15) is 0 Å². The van der Waals surface area contributed by atoms with Gasteiger partial charge < -0.3 is 10.1 Å². The van der Waals surface area contributed by atoms with Crippen molar-refractivity contribution < 1.29 is 4.74 Å². The van der Waals surface area contributed by atoms with Crippen LogP contribution in [0.3, 0.4) is 0 Å². The summed E-state index contributed by atoms with van der Waals surface area (Å²) in [6.45, 7) is 16.1.